The molecule has 1 aromatic rings. The molecule has 3 nitrogen and oxygen atoms in total. The Labute approximate surface area is 95.0 Å². The van der Waals surface area contributed by atoms with E-state index in [1.807, 2.05) is 18.4 Å². The molecular weight excluding hydrogens is 208 g/mol. The first-order valence-corrected chi connectivity index (χ1v) is 6.27. The van der Waals surface area contributed by atoms with E-state index in [2.05, 4.69) is 27.7 Å². The molecule has 0 aliphatic carbocycles. The van der Waals surface area contributed by atoms with Crippen LogP contribution >= 0.6 is 11.3 Å². The maximum Gasteiger partial charge on any atom is 0.0826 e. The van der Waals surface area contributed by atoms with Crippen molar-refractivity contribution in [2.45, 2.75) is 12.6 Å². The van der Waals surface area contributed by atoms with E-state index >= 15 is 0 Å². The van der Waals surface area contributed by atoms with Crippen LogP contribution in [0, 0.1) is 0 Å². The number of rotatable bonds is 4. The Morgan fingerprint density at radius 3 is 3.33 bits per heavy atom. The van der Waals surface area contributed by atoms with E-state index < -0.39 is 0 Å². The van der Waals surface area contributed by atoms with Crippen molar-refractivity contribution >= 4 is 11.3 Å². The predicted molar refractivity (Wildman–Crippen MR) is 63.3 cm³/mol. The first kappa shape index (κ1) is 11.1. The molecule has 0 bridgehead atoms. The summed E-state index contributed by atoms with van der Waals surface area (Å²) in [6.45, 7) is 4.97. The van der Waals surface area contributed by atoms with Crippen molar-refractivity contribution in [3.05, 3.63) is 22.4 Å². The Balaban J connectivity index is 1.82. The largest absolute Gasteiger partial charge is 0.374 e. The maximum absolute atomic E-state index is 5.67. The molecule has 4 heteroatoms. The third kappa shape index (κ3) is 3.28. The van der Waals surface area contributed by atoms with E-state index in [-0.39, 0.29) is 0 Å². The fourth-order valence-corrected chi connectivity index (χ4v) is 2.64. The molecule has 2 heterocycles. The SMILES string of the molecule is CNCC1CN(Cc2cccs2)CCO1. The van der Waals surface area contributed by atoms with Gasteiger partial charge in [0.1, 0.15) is 0 Å². The van der Waals surface area contributed by atoms with E-state index in [4.69, 9.17) is 4.74 Å². The van der Waals surface area contributed by atoms with E-state index in [0.717, 1.165) is 32.8 Å². The minimum atomic E-state index is 0.351. The van der Waals surface area contributed by atoms with Crippen molar-refractivity contribution in [1.29, 1.82) is 0 Å². The topological polar surface area (TPSA) is 24.5 Å². The summed E-state index contributed by atoms with van der Waals surface area (Å²) in [6.07, 6.45) is 0.351. The number of nitrogens with one attached hydrogen (secondary N) is 1. The molecule has 1 atom stereocenters. The van der Waals surface area contributed by atoms with Crippen LogP contribution in [0.5, 0.6) is 0 Å². The molecule has 1 aliphatic rings. The number of ether oxygens (including phenoxy) is 1. The molecule has 0 amide bonds. The van der Waals surface area contributed by atoms with Gasteiger partial charge in [0.2, 0.25) is 0 Å². The van der Waals surface area contributed by atoms with Gasteiger partial charge in [-0.3, -0.25) is 4.90 Å². The lowest BCUT2D eigenvalue weighted by molar-refractivity contribution is -0.0288. The van der Waals surface area contributed by atoms with Crippen LogP contribution in [0.25, 0.3) is 0 Å². The standard InChI is InChI=1S/C11H18N2OS/c1-12-7-10-8-13(4-5-14-10)9-11-3-2-6-15-11/h2-3,6,10,12H,4-5,7-9H2,1H3. The smallest absolute Gasteiger partial charge is 0.0826 e. The van der Waals surface area contributed by atoms with Crippen LogP contribution in [0.1, 0.15) is 4.88 Å². The molecule has 1 aliphatic heterocycles. The van der Waals surface area contributed by atoms with Crippen molar-refractivity contribution < 1.29 is 4.74 Å². The lowest BCUT2D eigenvalue weighted by atomic mass is 10.2. The second-order valence-corrected chi connectivity index (χ2v) is 4.90. The molecule has 1 unspecified atom stereocenters. The molecule has 0 spiro atoms. The van der Waals surface area contributed by atoms with Gasteiger partial charge >= 0.3 is 0 Å². The first-order chi connectivity index (χ1) is 7.38. The third-order valence-electron chi connectivity index (χ3n) is 2.61. The highest BCUT2D eigenvalue weighted by Gasteiger charge is 2.19. The van der Waals surface area contributed by atoms with Crippen LogP contribution in [0.4, 0.5) is 0 Å². The lowest BCUT2D eigenvalue weighted by Crippen LogP contribution is -2.45. The Morgan fingerprint density at radius 1 is 1.67 bits per heavy atom. The summed E-state index contributed by atoms with van der Waals surface area (Å²) in [5.41, 5.74) is 0. The van der Waals surface area contributed by atoms with Crippen LogP contribution in [0.3, 0.4) is 0 Å². The van der Waals surface area contributed by atoms with E-state index in [9.17, 15) is 0 Å². The fourth-order valence-electron chi connectivity index (χ4n) is 1.90. The van der Waals surface area contributed by atoms with Crippen LogP contribution < -0.4 is 5.32 Å². The molecule has 0 saturated carbocycles. The zero-order valence-corrected chi connectivity index (χ0v) is 9.93. The van der Waals surface area contributed by atoms with Crippen molar-refractivity contribution in [2.75, 3.05) is 33.3 Å². The molecule has 1 aromatic heterocycles. The maximum atomic E-state index is 5.67. The van der Waals surface area contributed by atoms with Crippen LogP contribution in [-0.4, -0.2) is 44.3 Å². The minimum Gasteiger partial charge on any atom is -0.374 e. The normalized spacial score (nSPS) is 23.1. The summed E-state index contributed by atoms with van der Waals surface area (Å²) in [5.74, 6) is 0. The highest BCUT2D eigenvalue weighted by molar-refractivity contribution is 7.09. The van der Waals surface area contributed by atoms with Gasteiger partial charge in [-0.15, -0.1) is 11.3 Å². The second-order valence-electron chi connectivity index (χ2n) is 3.86. The number of likely N-dealkylation sites (N-methyl/N-ethyl adjacent to an activating group) is 1. The van der Waals surface area contributed by atoms with E-state index in [1.165, 1.54) is 4.88 Å². The first-order valence-electron chi connectivity index (χ1n) is 5.39. The van der Waals surface area contributed by atoms with Crippen LogP contribution in [0.15, 0.2) is 17.5 Å². The number of hydrogen-bond acceptors (Lipinski definition) is 4. The zero-order valence-electron chi connectivity index (χ0n) is 9.11. The summed E-state index contributed by atoms with van der Waals surface area (Å²) in [6, 6.07) is 4.32. The monoisotopic (exact) mass is 226 g/mol. The van der Waals surface area contributed by atoms with Gasteiger partial charge in [-0.1, -0.05) is 6.07 Å². The summed E-state index contributed by atoms with van der Waals surface area (Å²) in [4.78, 5) is 3.91. The summed E-state index contributed by atoms with van der Waals surface area (Å²) < 4.78 is 5.67. The van der Waals surface area contributed by atoms with Crippen molar-refractivity contribution in [3.63, 3.8) is 0 Å². The summed E-state index contributed by atoms with van der Waals surface area (Å²) in [7, 11) is 1.97. The molecule has 1 N–H and O–H groups in total. The highest BCUT2D eigenvalue weighted by Crippen LogP contribution is 2.14. The molecule has 15 heavy (non-hydrogen) atoms. The Bertz CT molecular complexity index is 274. The fraction of sp³-hybridized carbons (Fsp3) is 0.636. The van der Waals surface area contributed by atoms with Gasteiger partial charge in [0, 0.05) is 31.1 Å². The van der Waals surface area contributed by atoms with Crippen LogP contribution in [-0.2, 0) is 11.3 Å². The minimum absolute atomic E-state index is 0.351. The molecule has 1 fully saturated rings. The van der Waals surface area contributed by atoms with Gasteiger partial charge < -0.3 is 10.1 Å². The molecule has 84 valence electrons. The number of nitrogens with zero attached hydrogens (tertiary/aromatic N) is 1. The van der Waals surface area contributed by atoms with Crippen molar-refractivity contribution in [2.24, 2.45) is 0 Å². The molecule has 2 rings (SSSR count). The molecule has 1 saturated heterocycles. The Kier molecular flexibility index (Phi) is 4.14. The molecular formula is C11H18N2OS. The van der Waals surface area contributed by atoms with Gasteiger partial charge in [-0.2, -0.15) is 0 Å². The van der Waals surface area contributed by atoms with Crippen molar-refractivity contribution in [3.8, 4) is 0 Å². The van der Waals surface area contributed by atoms with Gasteiger partial charge in [0.25, 0.3) is 0 Å². The van der Waals surface area contributed by atoms with Crippen LogP contribution in [0.2, 0.25) is 0 Å². The summed E-state index contributed by atoms with van der Waals surface area (Å²) >= 11 is 1.83. The number of thiophene rings is 1. The van der Waals surface area contributed by atoms with Crippen molar-refractivity contribution in [1.82, 2.24) is 10.2 Å². The Hall–Kier alpha value is -0.420. The lowest BCUT2D eigenvalue weighted by Gasteiger charge is -2.32. The van der Waals surface area contributed by atoms with E-state index in [0.29, 0.717) is 6.10 Å². The molecule has 0 aromatic carbocycles. The second kappa shape index (κ2) is 5.61. The van der Waals surface area contributed by atoms with Gasteiger partial charge in [0.05, 0.1) is 12.7 Å². The van der Waals surface area contributed by atoms with Gasteiger partial charge in [-0.25, -0.2) is 0 Å². The number of morpholine rings is 1. The van der Waals surface area contributed by atoms with Gasteiger partial charge in [-0.05, 0) is 18.5 Å². The quantitative estimate of drug-likeness (QED) is 0.834. The third-order valence-corrected chi connectivity index (χ3v) is 3.48. The number of hydrogen-bond donors (Lipinski definition) is 1. The average molecular weight is 226 g/mol. The summed E-state index contributed by atoms with van der Waals surface area (Å²) in [5, 5.41) is 5.31. The predicted octanol–water partition coefficient (Wildman–Crippen LogP) is 1.17. The average Bonchev–Trinajstić information content (AvgIpc) is 2.71. The Morgan fingerprint density at radius 2 is 2.60 bits per heavy atom. The van der Waals surface area contributed by atoms with E-state index in [1.54, 1.807) is 0 Å². The molecule has 0 radical (unpaired) electrons. The highest BCUT2D eigenvalue weighted by atomic mass is 32.1. The zero-order chi connectivity index (χ0) is 10.5. The van der Waals surface area contributed by atoms with Gasteiger partial charge in [0.15, 0.2) is 0 Å².